The van der Waals surface area contributed by atoms with Crippen LogP contribution in [-0.4, -0.2) is 11.2 Å². The number of hydrogen-bond donors (Lipinski definition) is 1. The Hall–Kier alpha value is -0.990. The van der Waals surface area contributed by atoms with E-state index >= 15 is 0 Å². The van der Waals surface area contributed by atoms with Crippen LogP contribution in [0.2, 0.25) is 5.02 Å². The van der Waals surface area contributed by atoms with Crippen molar-refractivity contribution in [3.63, 3.8) is 0 Å². The lowest BCUT2D eigenvalue weighted by Gasteiger charge is -2.18. The van der Waals surface area contributed by atoms with Crippen LogP contribution in [-0.2, 0) is 11.3 Å². The maximum atomic E-state index is 9.35. The van der Waals surface area contributed by atoms with E-state index in [-0.39, 0.29) is 5.75 Å². The van der Waals surface area contributed by atoms with E-state index in [2.05, 4.69) is 12.2 Å². The lowest BCUT2D eigenvalue weighted by Crippen LogP contribution is -2.13. The van der Waals surface area contributed by atoms with Gasteiger partial charge in [0, 0.05) is 0 Å². The zero-order chi connectivity index (χ0) is 12.8. The Morgan fingerprint density at radius 1 is 1.22 bits per heavy atom. The maximum Gasteiger partial charge on any atom is 0.134 e. The molecule has 0 spiro atoms. The highest BCUT2D eigenvalue weighted by atomic mass is 35.5. The Morgan fingerprint density at radius 2 is 2.06 bits per heavy atom. The van der Waals surface area contributed by atoms with E-state index in [1.54, 1.807) is 12.1 Å². The van der Waals surface area contributed by atoms with Crippen LogP contribution >= 0.6 is 11.6 Å². The first-order chi connectivity index (χ1) is 8.75. The van der Waals surface area contributed by atoms with Gasteiger partial charge in [-0.25, -0.2) is 0 Å². The fourth-order valence-corrected chi connectivity index (χ4v) is 2.35. The molecule has 0 fully saturated rings. The molecule has 0 radical (unpaired) electrons. The van der Waals surface area contributed by atoms with Crippen LogP contribution in [0.5, 0.6) is 5.75 Å². The molecule has 2 nitrogen and oxygen atoms in total. The minimum atomic E-state index is 0.122. The van der Waals surface area contributed by atoms with Crippen molar-refractivity contribution in [1.29, 1.82) is 0 Å². The fourth-order valence-electron chi connectivity index (χ4n) is 2.15. The molecule has 18 heavy (non-hydrogen) atoms. The standard InChI is InChI=1S/C15H19ClO2/c16-14-10-12(8-9-15(14)17)11-18-13-6-4-2-1-3-5-7-13/h1-2,8-10,13,17H,3-7,11H2. The quantitative estimate of drug-likeness (QED) is 0.819. The van der Waals surface area contributed by atoms with Gasteiger partial charge in [0.15, 0.2) is 0 Å². The van der Waals surface area contributed by atoms with Crippen LogP contribution in [0.15, 0.2) is 30.4 Å². The zero-order valence-electron chi connectivity index (χ0n) is 10.4. The molecule has 1 atom stereocenters. The second-order valence-corrected chi connectivity index (χ2v) is 5.11. The van der Waals surface area contributed by atoms with Gasteiger partial charge in [-0.05, 0) is 49.8 Å². The van der Waals surface area contributed by atoms with Crippen LogP contribution in [0.1, 0.15) is 37.7 Å². The van der Waals surface area contributed by atoms with Crippen molar-refractivity contribution in [1.82, 2.24) is 0 Å². The van der Waals surface area contributed by atoms with Crippen molar-refractivity contribution < 1.29 is 9.84 Å². The average molecular weight is 267 g/mol. The molecule has 0 amide bonds. The monoisotopic (exact) mass is 266 g/mol. The number of hydrogen-bond acceptors (Lipinski definition) is 2. The lowest BCUT2D eigenvalue weighted by atomic mass is 10.0. The molecule has 1 aliphatic rings. The SMILES string of the molecule is Oc1ccc(COC2CCC=CCCC2)cc1Cl. The summed E-state index contributed by atoms with van der Waals surface area (Å²) >= 11 is 5.87. The van der Waals surface area contributed by atoms with Gasteiger partial charge in [0.05, 0.1) is 17.7 Å². The van der Waals surface area contributed by atoms with Crippen molar-refractivity contribution in [2.75, 3.05) is 0 Å². The predicted molar refractivity (Wildman–Crippen MR) is 73.9 cm³/mol. The summed E-state index contributed by atoms with van der Waals surface area (Å²) in [6.45, 7) is 0.564. The third-order valence-electron chi connectivity index (χ3n) is 3.22. The molecule has 0 saturated heterocycles. The molecule has 3 heteroatoms. The summed E-state index contributed by atoms with van der Waals surface area (Å²) < 4.78 is 5.93. The number of rotatable bonds is 3. The Morgan fingerprint density at radius 3 is 2.89 bits per heavy atom. The second-order valence-electron chi connectivity index (χ2n) is 4.70. The molecular weight excluding hydrogens is 248 g/mol. The van der Waals surface area contributed by atoms with Gasteiger partial charge in [0.2, 0.25) is 0 Å². The number of phenols is 1. The molecule has 98 valence electrons. The zero-order valence-corrected chi connectivity index (χ0v) is 11.2. The van der Waals surface area contributed by atoms with Crippen molar-refractivity contribution >= 4 is 11.6 Å². The number of aromatic hydroxyl groups is 1. The van der Waals surface area contributed by atoms with E-state index in [1.807, 2.05) is 6.07 Å². The lowest BCUT2D eigenvalue weighted by molar-refractivity contribution is 0.0284. The highest BCUT2D eigenvalue weighted by Gasteiger charge is 2.10. The Balaban J connectivity index is 1.86. The predicted octanol–water partition coefficient (Wildman–Crippen LogP) is 4.45. The van der Waals surface area contributed by atoms with Gasteiger partial charge in [-0.3, -0.25) is 0 Å². The Labute approximate surface area is 113 Å². The van der Waals surface area contributed by atoms with E-state index in [4.69, 9.17) is 16.3 Å². The summed E-state index contributed by atoms with van der Waals surface area (Å²) in [5.41, 5.74) is 1.01. The molecule has 2 rings (SSSR count). The van der Waals surface area contributed by atoms with Gasteiger partial charge < -0.3 is 9.84 Å². The minimum Gasteiger partial charge on any atom is -0.506 e. The van der Waals surface area contributed by atoms with Crippen molar-refractivity contribution in [2.45, 2.75) is 44.8 Å². The summed E-state index contributed by atoms with van der Waals surface area (Å²) in [6, 6.07) is 5.23. The number of phenolic OH excluding ortho intramolecular Hbond substituents is 1. The van der Waals surface area contributed by atoms with Crippen molar-refractivity contribution in [2.24, 2.45) is 0 Å². The second kappa shape index (κ2) is 6.81. The molecule has 0 saturated carbocycles. The molecular formula is C15H19ClO2. The van der Waals surface area contributed by atoms with Crippen LogP contribution in [0.3, 0.4) is 0 Å². The largest absolute Gasteiger partial charge is 0.506 e. The van der Waals surface area contributed by atoms with E-state index < -0.39 is 0 Å². The van der Waals surface area contributed by atoms with Gasteiger partial charge in [-0.15, -0.1) is 0 Å². The minimum absolute atomic E-state index is 0.122. The number of allylic oxidation sites excluding steroid dienone is 2. The van der Waals surface area contributed by atoms with Gasteiger partial charge in [-0.2, -0.15) is 0 Å². The first-order valence-corrected chi connectivity index (χ1v) is 6.87. The van der Waals surface area contributed by atoms with Crippen LogP contribution in [0.25, 0.3) is 0 Å². The summed E-state index contributed by atoms with van der Waals surface area (Å²) in [5.74, 6) is 0.122. The van der Waals surface area contributed by atoms with Gasteiger partial charge in [-0.1, -0.05) is 29.8 Å². The first kappa shape index (κ1) is 13.4. The highest BCUT2D eigenvalue weighted by Crippen LogP contribution is 2.24. The van der Waals surface area contributed by atoms with Gasteiger partial charge in [0.1, 0.15) is 5.75 Å². The number of benzene rings is 1. The van der Waals surface area contributed by atoms with E-state index in [0.29, 0.717) is 17.7 Å². The maximum absolute atomic E-state index is 9.35. The smallest absolute Gasteiger partial charge is 0.134 e. The van der Waals surface area contributed by atoms with Crippen LogP contribution in [0.4, 0.5) is 0 Å². The number of ether oxygens (including phenoxy) is 1. The van der Waals surface area contributed by atoms with Gasteiger partial charge in [0.25, 0.3) is 0 Å². The third-order valence-corrected chi connectivity index (χ3v) is 3.52. The molecule has 0 aliphatic heterocycles. The van der Waals surface area contributed by atoms with Gasteiger partial charge >= 0.3 is 0 Å². The fraction of sp³-hybridized carbons (Fsp3) is 0.467. The summed E-state index contributed by atoms with van der Waals surface area (Å²) in [7, 11) is 0. The topological polar surface area (TPSA) is 29.5 Å². The molecule has 0 bridgehead atoms. The summed E-state index contributed by atoms with van der Waals surface area (Å²) in [4.78, 5) is 0. The third kappa shape index (κ3) is 4.04. The normalized spacial score (nSPS) is 20.4. The molecule has 0 heterocycles. The van der Waals surface area contributed by atoms with E-state index in [1.165, 1.54) is 6.42 Å². The van der Waals surface area contributed by atoms with Crippen LogP contribution < -0.4 is 0 Å². The van der Waals surface area contributed by atoms with Crippen molar-refractivity contribution in [3.8, 4) is 5.75 Å². The Kier molecular flexibility index (Phi) is 5.09. The van der Waals surface area contributed by atoms with Crippen LogP contribution in [0, 0.1) is 0 Å². The van der Waals surface area contributed by atoms with E-state index in [0.717, 1.165) is 31.2 Å². The molecule has 1 N–H and O–H groups in total. The summed E-state index contributed by atoms with van der Waals surface area (Å²) in [6.07, 6.45) is 10.5. The molecule has 1 aliphatic carbocycles. The molecule has 1 aromatic carbocycles. The van der Waals surface area contributed by atoms with Crippen molar-refractivity contribution in [3.05, 3.63) is 40.9 Å². The Bertz CT molecular complexity index is 415. The first-order valence-electron chi connectivity index (χ1n) is 6.49. The summed E-state index contributed by atoms with van der Waals surface area (Å²) in [5, 5.41) is 9.73. The number of halogens is 1. The molecule has 1 unspecified atom stereocenters. The molecule has 1 aromatic rings. The van der Waals surface area contributed by atoms with E-state index in [9.17, 15) is 5.11 Å². The highest BCUT2D eigenvalue weighted by molar-refractivity contribution is 6.32. The molecule has 0 aromatic heterocycles. The average Bonchev–Trinajstić information content (AvgIpc) is 2.32.